The summed E-state index contributed by atoms with van der Waals surface area (Å²) >= 11 is 0. The van der Waals surface area contributed by atoms with Crippen LogP contribution in [0.15, 0.2) is 30.3 Å². The number of halogens is 1. The molecule has 18 heavy (non-hydrogen) atoms. The maximum absolute atomic E-state index is 11.2. The van der Waals surface area contributed by atoms with Crippen LogP contribution in [-0.2, 0) is 15.5 Å². The van der Waals surface area contributed by atoms with Crippen LogP contribution in [0.4, 0.5) is 0 Å². The lowest BCUT2D eigenvalue weighted by atomic mass is 10.1. The topological polar surface area (TPSA) is 37.4 Å². The summed E-state index contributed by atoms with van der Waals surface area (Å²) in [5.41, 5.74) is 1.32. The van der Waals surface area contributed by atoms with Crippen LogP contribution in [0.3, 0.4) is 0 Å². The minimum Gasteiger partial charge on any atom is -0.303 e. The smallest absolute Gasteiger partial charge is 0.235 e. The van der Waals surface area contributed by atoms with E-state index in [1.807, 2.05) is 18.2 Å². The predicted molar refractivity (Wildman–Crippen MR) is 74.4 cm³/mol. The average Bonchev–Trinajstić information content (AvgIpc) is 2.37. The molecule has 1 aromatic rings. The third kappa shape index (κ3) is 3.97. The van der Waals surface area contributed by atoms with E-state index in [0.717, 1.165) is 26.1 Å². The highest BCUT2D eigenvalue weighted by Gasteiger charge is 2.27. The molecule has 0 radical (unpaired) electrons. The van der Waals surface area contributed by atoms with E-state index < -0.39 is 9.05 Å². The average molecular weight is 288 g/mol. The zero-order valence-corrected chi connectivity index (χ0v) is 11.8. The van der Waals surface area contributed by atoms with Gasteiger partial charge in [0.15, 0.2) is 0 Å². The van der Waals surface area contributed by atoms with Gasteiger partial charge in [-0.1, -0.05) is 30.3 Å². The van der Waals surface area contributed by atoms with Crippen molar-refractivity contribution in [1.82, 2.24) is 4.90 Å². The molecule has 0 N–H and O–H groups in total. The van der Waals surface area contributed by atoms with Crippen molar-refractivity contribution in [2.24, 2.45) is 0 Å². The molecule has 2 rings (SSSR count). The minimum absolute atomic E-state index is 0.354. The van der Waals surface area contributed by atoms with Gasteiger partial charge in [0.05, 0.1) is 5.25 Å². The first kappa shape index (κ1) is 13.8. The van der Waals surface area contributed by atoms with E-state index in [9.17, 15) is 8.42 Å². The minimum atomic E-state index is -3.37. The Morgan fingerprint density at radius 2 is 1.78 bits per heavy atom. The molecule has 1 fully saturated rings. The molecule has 5 heteroatoms. The van der Waals surface area contributed by atoms with Gasteiger partial charge in [-0.25, -0.2) is 8.42 Å². The number of rotatable bonds is 4. The Kier molecular flexibility index (Phi) is 4.65. The van der Waals surface area contributed by atoms with E-state index in [4.69, 9.17) is 10.7 Å². The molecule has 0 atom stereocenters. The highest BCUT2D eigenvalue weighted by atomic mass is 35.7. The summed E-state index contributed by atoms with van der Waals surface area (Å²) in [6, 6.07) is 10.3. The quantitative estimate of drug-likeness (QED) is 0.797. The Balaban J connectivity index is 1.78. The maximum Gasteiger partial charge on any atom is 0.235 e. The fourth-order valence-corrected chi connectivity index (χ4v) is 3.65. The standard InChI is InChI=1S/C13H18ClNO2S/c14-18(16,17)13-7-10-15(11-8-13)9-6-12-4-2-1-3-5-12/h1-5,13H,6-11H2. The molecule has 3 nitrogen and oxygen atoms in total. The lowest BCUT2D eigenvalue weighted by molar-refractivity contribution is 0.233. The van der Waals surface area contributed by atoms with Gasteiger partial charge < -0.3 is 4.90 Å². The highest BCUT2D eigenvalue weighted by molar-refractivity contribution is 8.14. The molecule has 0 aromatic heterocycles. The second-order valence-electron chi connectivity index (χ2n) is 4.75. The van der Waals surface area contributed by atoms with E-state index in [-0.39, 0.29) is 5.25 Å². The number of hydrogen-bond donors (Lipinski definition) is 0. The second kappa shape index (κ2) is 6.04. The predicted octanol–water partition coefficient (Wildman–Crippen LogP) is 2.26. The maximum atomic E-state index is 11.2. The van der Waals surface area contributed by atoms with Crippen molar-refractivity contribution < 1.29 is 8.42 Å². The number of piperidine rings is 1. The second-order valence-corrected chi connectivity index (χ2v) is 7.66. The Labute approximate surface area is 113 Å². The Hall–Kier alpha value is -0.580. The van der Waals surface area contributed by atoms with Crippen molar-refractivity contribution in [2.75, 3.05) is 19.6 Å². The summed E-state index contributed by atoms with van der Waals surface area (Å²) in [6.07, 6.45) is 2.32. The zero-order valence-electron chi connectivity index (χ0n) is 10.3. The van der Waals surface area contributed by atoms with Crippen LogP contribution in [0.5, 0.6) is 0 Å². The van der Waals surface area contributed by atoms with Gasteiger partial charge in [0.25, 0.3) is 0 Å². The molecular formula is C13H18ClNO2S. The molecule has 1 aliphatic rings. The Morgan fingerprint density at radius 3 is 2.33 bits per heavy atom. The van der Waals surface area contributed by atoms with E-state index >= 15 is 0 Å². The van der Waals surface area contributed by atoms with Crippen LogP contribution in [0, 0.1) is 0 Å². The van der Waals surface area contributed by atoms with Gasteiger partial charge in [0.2, 0.25) is 9.05 Å². The normalized spacial score (nSPS) is 18.9. The summed E-state index contributed by atoms with van der Waals surface area (Å²) in [7, 11) is 2.02. The first-order chi connectivity index (χ1) is 8.55. The van der Waals surface area contributed by atoms with Crippen molar-refractivity contribution in [3.05, 3.63) is 35.9 Å². The van der Waals surface area contributed by atoms with Gasteiger partial charge in [-0.3, -0.25) is 0 Å². The molecular weight excluding hydrogens is 270 g/mol. The molecule has 0 aliphatic carbocycles. The fourth-order valence-electron chi connectivity index (χ4n) is 2.35. The van der Waals surface area contributed by atoms with Crippen LogP contribution in [0.25, 0.3) is 0 Å². The highest BCUT2D eigenvalue weighted by Crippen LogP contribution is 2.20. The Bertz CT molecular complexity index is 467. The van der Waals surface area contributed by atoms with Crippen LogP contribution >= 0.6 is 10.7 Å². The van der Waals surface area contributed by atoms with Crippen LogP contribution in [-0.4, -0.2) is 38.2 Å². The number of benzene rings is 1. The van der Waals surface area contributed by atoms with Gasteiger partial charge in [-0.2, -0.15) is 0 Å². The molecule has 0 amide bonds. The first-order valence-electron chi connectivity index (χ1n) is 6.25. The van der Waals surface area contributed by atoms with Crippen LogP contribution in [0.1, 0.15) is 18.4 Å². The third-order valence-electron chi connectivity index (χ3n) is 3.49. The monoisotopic (exact) mass is 287 g/mol. The van der Waals surface area contributed by atoms with Gasteiger partial charge >= 0.3 is 0 Å². The van der Waals surface area contributed by atoms with E-state index in [2.05, 4.69) is 17.0 Å². The lowest BCUT2D eigenvalue weighted by Gasteiger charge is -2.30. The van der Waals surface area contributed by atoms with E-state index in [0.29, 0.717) is 12.8 Å². The summed E-state index contributed by atoms with van der Waals surface area (Å²) in [5.74, 6) is 0. The molecule has 1 aromatic carbocycles. The van der Waals surface area contributed by atoms with E-state index in [1.54, 1.807) is 0 Å². The van der Waals surface area contributed by atoms with Crippen LogP contribution < -0.4 is 0 Å². The van der Waals surface area contributed by atoms with Crippen molar-refractivity contribution in [3.63, 3.8) is 0 Å². The third-order valence-corrected chi connectivity index (χ3v) is 5.52. The van der Waals surface area contributed by atoms with E-state index in [1.165, 1.54) is 5.56 Å². The summed E-state index contributed by atoms with van der Waals surface area (Å²) < 4.78 is 22.4. The molecule has 0 unspecified atom stereocenters. The molecule has 0 bridgehead atoms. The number of likely N-dealkylation sites (tertiary alicyclic amines) is 1. The van der Waals surface area contributed by atoms with Gasteiger partial charge in [-0.05, 0) is 37.9 Å². The molecule has 1 heterocycles. The first-order valence-corrected chi connectivity index (χ1v) is 8.63. The van der Waals surface area contributed by atoms with Crippen molar-refractivity contribution >= 4 is 19.7 Å². The largest absolute Gasteiger partial charge is 0.303 e. The molecule has 100 valence electrons. The number of nitrogens with zero attached hydrogens (tertiary/aromatic N) is 1. The van der Waals surface area contributed by atoms with Crippen molar-refractivity contribution in [3.8, 4) is 0 Å². The summed E-state index contributed by atoms with van der Waals surface area (Å²) in [4.78, 5) is 2.31. The molecule has 1 aliphatic heterocycles. The van der Waals surface area contributed by atoms with Gasteiger partial charge in [0.1, 0.15) is 0 Å². The Morgan fingerprint density at radius 1 is 1.17 bits per heavy atom. The summed E-state index contributed by atoms with van der Waals surface area (Å²) in [5, 5.41) is -0.354. The lowest BCUT2D eigenvalue weighted by Crippen LogP contribution is -2.39. The molecule has 0 saturated carbocycles. The van der Waals surface area contributed by atoms with Gasteiger partial charge in [-0.15, -0.1) is 0 Å². The van der Waals surface area contributed by atoms with Crippen molar-refractivity contribution in [2.45, 2.75) is 24.5 Å². The van der Waals surface area contributed by atoms with Crippen LogP contribution in [0.2, 0.25) is 0 Å². The summed E-state index contributed by atoms with van der Waals surface area (Å²) in [6.45, 7) is 2.63. The molecule has 1 saturated heterocycles. The zero-order chi connectivity index (χ0) is 13.0. The van der Waals surface area contributed by atoms with Gasteiger partial charge in [0, 0.05) is 17.2 Å². The molecule has 0 spiro atoms. The fraction of sp³-hybridized carbons (Fsp3) is 0.538. The number of hydrogen-bond acceptors (Lipinski definition) is 3. The van der Waals surface area contributed by atoms with Crippen molar-refractivity contribution in [1.29, 1.82) is 0 Å². The SMILES string of the molecule is O=S(=O)(Cl)C1CCN(CCc2ccccc2)CC1.